The molecule has 9 heteroatoms. The Labute approximate surface area is 183 Å². The molecule has 2 heterocycles. The van der Waals surface area contributed by atoms with Crippen LogP contribution in [-0.4, -0.2) is 24.1 Å². The maximum absolute atomic E-state index is 12.9. The zero-order chi connectivity index (χ0) is 22.1. The minimum absolute atomic E-state index is 0.270. The molecule has 1 aliphatic rings. The molecule has 0 saturated carbocycles. The molecule has 31 heavy (non-hydrogen) atoms. The van der Waals surface area contributed by atoms with Crippen LogP contribution < -0.4 is 20.5 Å². The molecule has 162 valence electrons. The third-order valence-corrected chi connectivity index (χ3v) is 6.58. The topological polar surface area (TPSA) is 117 Å². The minimum atomic E-state index is -0.518. The number of fused-ring (bicyclic) bond motifs is 1. The van der Waals surface area contributed by atoms with Gasteiger partial charge in [0.1, 0.15) is 17.4 Å². The summed E-state index contributed by atoms with van der Waals surface area (Å²) in [7, 11) is 1.51. The molecule has 1 aliphatic carbocycles. The highest BCUT2D eigenvalue weighted by Crippen LogP contribution is 2.39. The van der Waals surface area contributed by atoms with E-state index in [1.54, 1.807) is 18.2 Å². The summed E-state index contributed by atoms with van der Waals surface area (Å²) in [5, 5.41) is 7.25. The number of carbonyl (C=O) groups is 2. The summed E-state index contributed by atoms with van der Waals surface area (Å²) in [4.78, 5) is 25.9. The number of aromatic nitrogens is 1. The summed E-state index contributed by atoms with van der Waals surface area (Å²) in [6.07, 6.45) is 2.72. The van der Waals surface area contributed by atoms with Gasteiger partial charge in [0.15, 0.2) is 11.5 Å². The lowest BCUT2D eigenvalue weighted by Crippen LogP contribution is -2.18. The number of nitrogens with one attached hydrogen (secondary N) is 1. The molecule has 0 radical (unpaired) electrons. The number of nitrogens with zero attached hydrogens (tertiary/aromatic N) is 1. The van der Waals surface area contributed by atoms with Gasteiger partial charge >= 0.3 is 0 Å². The van der Waals surface area contributed by atoms with E-state index >= 15 is 0 Å². The third kappa shape index (κ3) is 4.00. The summed E-state index contributed by atoms with van der Waals surface area (Å²) >= 11 is 1.42. The van der Waals surface area contributed by atoms with E-state index in [2.05, 4.69) is 10.5 Å². The van der Waals surface area contributed by atoms with Crippen LogP contribution in [0.3, 0.4) is 0 Å². The standard InChI is InChI=1S/C22H23N3O5S/c1-11-15(12(2)30-25-11)10-29-16-8-7-13(9-17(16)28-3)21(27)24-22-19(20(23)26)14-5-4-6-18(14)31-22/h7-9H,4-6,10H2,1-3H3,(H2,23,26)(H,24,27). The van der Waals surface area contributed by atoms with E-state index in [4.69, 9.17) is 19.7 Å². The molecule has 0 fully saturated rings. The number of ether oxygens (including phenoxy) is 2. The summed E-state index contributed by atoms with van der Waals surface area (Å²) in [5.74, 6) is 0.740. The number of carbonyl (C=O) groups excluding carboxylic acids is 2. The van der Waals surface area contributed by atoms with Crippen molar-refractivity contribution in [2.24, 2.45) is 5.73 Å². The predicted molar refractivity (Wildman–Crippen MR) is 116 cm³/mol. The van der Waals surface area contributed by atoms with E-state index in [9.17, 15) is 9.59 Å². The summed E-state index contributed by atoms with van der Waals surface area (Å²) in [6, 6.07) is 4.92. The summed E-state index contributed by atoms with van der Waals surface area (Å²) in [5.41, 5.74) is 8.98. The lowest BCUT2D eigenvalue weighted by Gasteiger charge is -2.12. The average Bonchev–Trinajstić information content (AvgIpc) is 3.41. The number of nitrogens with two attached hydrogens (primary N) is 1. The molecular formula is C22H23N3O5S. The second-order valence-corrected chi connectivity index (χ2v) is 8.44. The van der Waals surface area contributed by atoms with Gasteiger partial charge in [-0.1, -0.05) is 5.16 Å². The molecule has 3 N–H and O–H groups in total. The van der Waals surface area contributed by atoms with Gasteiger partial charge in [0.25, 0.3) is 11.8 Å². The highest BCUT2D eigenvalue weighted by Gasteiger charge is 2.26. The molecule has 8 nitrogen and oxygen atoms in total. The van der Waals surface area contributed by atoms with Gasteiger partial charge in [0.2, 0.25) is 0 Å². The molecular weight excluding hydrogens is 418 g/mol. The SMILES string of the molecule is COc1cc(C(=O)Nc2sc3c(c2C(N)=O)CCC3)ccc1OCc1c(C)noc1C. The number of hydrogen-bond donors (Lipinski definition) is 2. The Kier molecular flexibility index (Phi) is 5.69. The normalized spacial score (nSPS) is 12.5. The number of rotatable bonds is 7. The van der Waals surface area contributed by atoms with Gasteiger partial charge in [-0.3, -0.25) is 9.59 Å². The Hall–Kier alpha value is -3.33. The molecule has 1 aromatic carbocycles. The number of primary amides is 1. The zero-order valence-electron chi connectivity index (χ0n) is 17.5. The van der Waals surface area contributed by atoms with Gasteiger partial charge < -0.3 is 25.0 Å². The van der Waals surface area contributed by atoms with E-state index in [1.165, 1.54) is 18.4 Å². The highest BCUT2D eigenvalue weighted by molar-refractivity contribution is 7.17. The Morgan fingerprint density at radius 3 is 2.74 bits per heavy atom. The minimum Gasteiger partial charge on any atom is -0.493 e. The van der Waals surface area contributed by atoms with E-state index in [-0.39, 0.29) is 12.5 Å². The molecule has 0 atom stereocenters. The second kappa shape index (κ2) is 8.43. The van der Waals surface area contributed by atoms with E-state index in [0.717, 1.165) is 41.0 Å². The van der Waals surface area contributed by atoms with E-state index < -0.39 is 5.91 Å². The van der Waals surface area contributed by atoms with Gasteiger partial charge in [-0.2, -0.15) is 0 Å². The van der Waals surface area contributed by atoms with Crippen LogP contribution in [0.5, 0.6) is 11.5 Å². The number of benzene rings is 1. The van der Waals surface area contributed by atoms with Gasteiger partial charge in [-0.15, -0.1) is 11.3 Å². The molecule has 2 amide bonds. The summed E-state index contributed by atoms with van der Waals surface area (Å²) < 4.78 is 16.4. The first-order valence-corrected chi connectivity index (χ1v) is 10.7. The van der Waals surface area contributed by atoms with Crippen LogP contribution in [0.25, 0.3) is 0 Å². The lowest BCUT2D eigenvalue weighted by atomic mass is 10.1. The van der Waals surface area contributed by atoms with Crippen LogP contribution in [0.1, 0.15) is 54.6 Å². The number of aryl methyl sites for hydroxylation is 3. The first-order chi connectivity index (χ1) is 14.9. The predicted octanol–water partition coefficient (Wildman–Crippen LogP) is 3.78. The number of anilines is 1. The molecule has 3 aromatic rings. The highest BCUT2D eigenvalue weighted by atomic mass is 32.1. The fourth-order valence-electron chi connectivity index (χ4n) is 3.71. The maximum atomic E-state index is 12.9. The van der Waals surface area contributed by atoms with Crippen molar-refractivity contribution >= 4 is 28.2 Å². The molecule has 4 rings (SSSR count). The number of thiophene rings is 1. The van der Waals surface area contributed by atoms with Crippen molar-refractivity contribution in [3.05, 3.63) is 56.8 Å². The Morgan fingerprint density at radius 2 is 2.06 bits per heavy atom. The average molecular weight is 442 g/mol. The third-order valence-electron chi connectivity index (χ3n) is 5.37. The van der Waals surface area contributed by atoms with E-state index in [0.29, 0.717) is 33.4 Å². The smallest absolute Gasteiger partial charge is 0.256 e. The molecule has 0 aliphatic heterocycles. The first-order valence-electron chi connectivity index (χ1n) is 9.87. The Bertz CT molecular complexity index is 1140. The number of methoxy groups -OCH3 is 1. The van der Waals surface area contributed by atoms with Gasteiger partial charge in [-0.25, -0.2) is 0 Å². The first kappa shape index (κ1) is 20.9. The largest absolute Gasteiger partial charge is 0.493 e. The molecule has 2 aromatic heterocycles. The Morgan fingerprint density at radius 1 is 1.26 bits per heavy atom. The summed E-state index contributed by atoms with van der Waals surface area (Å²) in [6.45, 7) is 3.94. The Balaban J connectivity index is 1.53. The molecule has 0 spiro atoms. The van der Waals surface area contributed by atoms with Gasteiger partial charge in [0, 0.05) is 10.4 Å². The second-order valence-electron chi connectivity index (χ2n) is 7.34. The van der Waals surface area contributed by atoms with Crippen LogP contribution in [0.4, 0.5) is 5.00 Å². The monoisotopic (exact) mass is 441 g/mol. The molecule has 0 unspecified atom stereocenters. The van der Waals surface area contributed by atoms with Crippen LogP contribution in [0, 0.1) is 13.8 Å². The number of hydrogen-bond acceptors (Lipinski definition) is 7. The maximum Gasteiger partial charge on any atom is 0.256 e. The van der Waals surface area contributed by atoms with Crippen LogP contribution in [-0.2, 0) is 19.4 Å². The van der Waals surface area contributed by atoms with Crippen LogP contribution >= 0.6 is 11.3 Å². The zero-order valence-corrected chi connectivity index (χ0v) is 18.4. The lowest BCUT2D eigenvalue weighted by molar-refractivity contribution is 0.100. The van der Waals surface area contributed by atoms with Crippen molar-refractivity contribution in [1.82, 2.24) is 5.16 Å². The van der Waals surface area contributed by atoms with Crippen LogP contribution in [0.15, 0.2) is 22.7 Å². The fraction of sp³-hybridized carbons (Fsp3) is 0.318. The van der Waals surface area contributed by atoms with Crippen molar-refractivity contribution in [2.75, 3.05) is 12.4 Å². The molecule has 0 bridgehead atoms. The van der Waals surface area contributed by atoms with Crippen molar-refractivity contribution in [3.8, 4) is 11.5 Å². The molecule has 0 saturated heterocycles. The number of amides is 2. The van der Waals surface area contributed by atoms with Crippen molar-refractivity contribution < 1.29 is 23.6 Å². The van der Waals surface area contributed by atoms with Crippen LogP contribution in [0.2, 0.25) is 0 Å². The van der Waals surface area contributed by atoms with Crippen molar-refractivity contribution in [1.29, 1.82) is 0 Å². The van der Waals surface area contributed by atoms with Crippen molar-refractivity contribution in [2.45, 2.75) is 39.7 Å². The quantitative estimate of drug-likeness (QED) is 0.576. The fourth-order valence-corrected chi connectivity index (χ4v) is 5.00. The van der Waals surface area contributed by atoms with Gasteiger partial charge in [-0.05, 0) is 56.9 Å². The van der Waals surface area contributed by atoms with Crippen molar-refractivity contribution in [3.63, 3.8) is 0 Å². The van der Waals surface area contributed by atoms with E-state index in [1.807, 2.05) is 13.8 Å². The van der Waals surface area contributed by atoms with Gasteiger partial charge in [0.05, 0.1) is 23.9 Å².